The summed E-state index contributed by atoms with van der Waals surface area (Å²) in [7, 11) is 0. The smallest absolute Gasteiger partial charge is 0.417 e. The number of nitro benzene ring substituents is 1. The summed E-state index contributed by atoms with van der Waals surface area (Å²) >= 11 is 3.44. The van der Waals surface area contributed by atoms with E-state index in [1.54, 1.807) is 12.1 Å². The molecule has 2 aliphatic rings. The predicted molar refractivity (Wildman–Crippen MR) is 137 cm³/mol. The van der Waals surface area contributed by atoms with Crippen molar-refractivity contribution in [1.82, 2.24) is 4.90 Å². The van der Waals surface area contributed by atoms with Crippen molar-refractivity contribution >= 4 is 39.3 Å². The number of hydrogen-bond acceptors (Lipinski definition) is 6. The van der Waals surface area contributed by atoms with Crippen molar-refractivity contribution in [2.24, 2.45) is 16.8 Å². The molecule has 0 N–H and O–H groups in total. The second-order valence-corrected chi connectivity index (χ2v) is 9.76. The highest BCUT2D eigenvalue weighted by Crippen LogP contribution is 2.44. The lowest BCUT2D eigenvalue weighted by molar-refractivity contribution is -0.384. The van der Waals surface area contributed by atoms with Gasteiger partial charge in [-0.1, -0.05) is 77.5 Å². The molecule has 1 saturated heterocycles. The standard InChI is InChI=1S/C27H22BrN3O5/c1-16-23(26(32)30-22(15-36-27(30)33)17-5-3-2-4-6-17)25(19-9-13-21(14-10-19)31(34)35)29-24(16)18-7-11-20(28)12-8-18/h2-14,16,22-23,25H,15H2,1H3/t16-,22+,23-,25-/m0/s1. The molecule has 0 spiro atoms. The van der Waals surface area contributed by atoms with Gasteiger partial charge in [0.15, 0.2) is 0 Å². The monoisotopic (exact) mass is 547 g/mol. The Morgan fingerprint density at radius 1 is 1.03 bits per heavy atom. The van der Waals surface area contributed by atoms with E-state index in [1.807, 2.05) is 61.5 Å². The predicted octanol–water partition coefficient (Wildman–Crippen LogP) is 5.87. The van der Waals surface area contributed by atoms with Crippen molar-refractivity contribution in [3.63, 3.8) is 0 Å². The summed E-state index contributed by atoms with van der Waals surface area (Å²) in [6.45, 7) is 2.01. The minimum absolute atomic E-state index is 0.0444. The molecule has 36 heavy (non-hydrogen) atoms. The molecule has 3 aromatic rings. The number of benzene rings is 3. The number of carbonyl (C=O) groups excluding carboxylic acids is 2. The molecule has 5 rings (SSSR count). The van der Waals surface area contributed by atoms with Gasteiger partial charge in [-0.2, -0.15) is 0 Å². The Balaban J connectivity index is 1.55. The van der Waals surface area contributed by atoms with E-state index in [-0.39, 0.29) is 24.1 Å². The lowest BCUT2D eigenvalue weighted by Crippen LogP contribution is -2.42. The van der Waals surface area contributed by atoms with Crippen molar-refractivity contribution in [2.75, 3.05) is 6.61 Å². The number of nitro groups is 1. The second kappa shape index (κ2) is 9.66. The van der Waals surface area contributed by atoms with Gasteiger partial charge >= 0.3 is 6.09 Å². The van der Waals surface area contributed by atoms with Crippen LogP contribution in [0.4, 0.5) is 10.5 Å². The highest BCUT2D eigenvalue weighted by Gasteiger charge is 2.49. The number of imide groups is 1. The van der Waals surface area contributed by atoms with Crippen molar-refractivity contribution in [3.8, 4) is 0 Å². The Morgan fingerprint density at radius 3 is 2.33 bits per heavy atom. The Morgan fingerprint density at radius 2 is 1.69 bits per heavy atom. The molecule has 0 aromatic heterocycles. The molecule has 8 nitrogen and oxygen atoms in total. The van der Waals surface area contributed by atoms with Crippen molar-refractivity contribution < 1.29 is 19.2 Å². The minimum atomic E-state index is -0.693. The van der Waals surface area contributed by atoms with Gasteiger partial charge in [0.1, 0.15) is 12.6 Å². The van der Waals surface area contributed by atoms with E-state index in [2.05, 4.69) is 15.9 Å². The van der Waals surface area contributed by atoms with Gasteiger partial charge in [0.05, 0.1) is 16.9 Å². The first-order chi connectivity index (χ1) is 17.3. The zero-order valence-corrected chi connectivity index (χ0v) is 20.9. The molecule has 0 unspecified atom stereocenters. The molecular weight excluding hydrogens is 526 g/mol. The van der Waals surface area contributed by atoms with Crippen molar-refractivity contribution in [2.45, 2.75) is 19.0 Å². The van der Waals surface area contributed by atoms with E-state index in [0.29, 0.717) is 5.56 Å². The third-order valence-corrected chi connectivity index (χ3v) is 7.28. The van der Waals surface area contributed by atoms with Crippen LogP contribution in [0.25, 0.3) is 0 Å². The largest absolute Gasteiger partial charge is 0.446 e. The number of rotatable bonds is 5. The molecule has 4 atom stereocenters. The number of ether oxygens (including phenoxy) is 1. The Labute approximate surface area is 215 Å². The number of cyclic esters (lactones) is 1. The first kappa shape index (κ1) is 23.9. The molecule has 0 saturated carbocycles. The van der Waals surface area contributed by atoms with Gasteiger partial charge in [-0.25, -0.2) is 9.69 Å². The summed E-state index contributed by atoms with van der Waals surface area (Å²) in [5.41, 5.74) is 3.05. The zero-order valence-electron chi connectivity index (χ0n) is 19.3. The summed E-state index contributed by atoms with van der Waals surface area (Å²) in [4.78, 5) is 43.7. The molecule has 2 amide bonds. The highest BCUT2D eigenvalue weighted by atomic mass is 79.9. The molecule has 0 radical (unpaired) electrons. The van der Waals surface area contributed by atoms with Gasteiger partial charge in [0.2, 0.25) is 5.91 Å². The average molecular weight is 548 g/mol. The van der Waals surface area contributed by atoms with Crippen molar-refractivity contribution in [3.05, 3.63) is 110 Å². The van der Waals surface area contributed by atoms with Gasteiger partial charge in [0.25, 0.3) is 5.69 Å². The van der Waals surface area contributed by atoms with Gasteiger partial charge < -0.3 is 4.74 Å². The topological polar surface area (TPSA) is 102 Å². The molecule has 0 bridgehead atoms. The molecule has 2 heterocycles. The third-order valence-electron chi connectivity index (χ3n) is 6.75. The van der Waals surface area contributed by atoms with Crippen LogP contribution < -0.4 is 0 Å². The Hall–Kier alpha value is -3.85. The van der Waals surface area contributed by atoms with E-state index in [9.17, 15) is 19.7 Å². The van der Waals surface area contributed by atoms with Crippen LogP contribution in [0.5, 0.6) is 0 Å². The van der Waals surface area contributed by atoms with E-state index >= 15 is 0 Å². The van der Waals surface area contributed by atoms with Crippen LogP contribution in [0.2, 0.25) is 0 Å². The molecule has 3 aromatic carbocycles. The number of non-ortho nitro benzene ring substituents is 1. The maximum Gasteiger partial charge on any atom is 0.417 e. The molecule has 0 aliphatic carbocycles. The highest BCUT2D eigenvalue weighted by molar-refractivity contribution is 9.10. The summed E-state index contributed by atoms with van der Waals surface area (Å²) in [5, 5.41) is 11.2. The van der Waals surface area contributed by atoms with Gasteiger partial charge in [-0.05, 0) is 28.8 Å². The molecule has 2 aliphatic heterocycles. The minimum Gasteiger partial charge on any atom is -0.446 e. The fourth-order valence-electron chi connectivity index (χ4n) is 4.92. The summed E-state index contributed by atoms with van der Waals surface area (Å²) < 4.78 is 6.22. The van der Waals surface area contributed by atoms with Crippen LogP contribution >= 0.6 is 15.9 Å². The lowest BCUT2D eigenvalue weighted by atomic mass is 9.82. The maximum atomic E-state index is 14.1. The van der Waals surface area contributed by atoms with Crippen LogP contribution in [0.3, 0.4) is 0 Å². The summed E-state index contributed by atoms with van der Waals surface area (Å²) in [6, 6.07) is 21.9. The number of carbonyl (C=O) groups is 2. The first-order valence-electron chi connectivity index (χ1n) is 11.5. The van der Waals surface area contributed by atoms with Gasteiger partial charge in [0, 0.05) is 28.2 Å². The van der Waals surface area contributed by atoms with Gasteiger partial charge in [-0.15, -0.1) is 0 Å². The first-order valence-corrected chi connectivity index (χ1v) is 12.3. The van der Waals surface area contributed by atoms with E-state index < -0.39 is 29.0 Å². The second-order valence-electron chi connectivity index (χ2n) is 8.84. The Bertz CT molecular complexity index is 1340. The summed E-state index contributed by atoms with van der Waals surface area (Å²) in [5.74, 6) is -1.39. The average Bonchev–Trinajstić information content (AvgIpc) is 3.45. The SMILES string of the molecule is C[C@@H]1C(c2ccc(Br)cc2)=N[C@@H](c2ccc([N+](=O)[O-])cc2)[C@H]1C(=O)N1C(=O)OC[C@@H]1c1ccccc1. The quantitative estimate of drug-likeness (QED) is 0.293. The lowest BCUT2D eigenvalue weighted by Gasteiger charge is -2.28. The van der Waals surface area contributed by atoms with Gasteiger partial charge in [-0.3, -0.25) is 19.9 Å². The fourth-order valence-corrected chi connectivity index (χ4v) is 5.18. The van der Waals surface area contributed by atoms with E-state index in [4.69, 9.17) is 9.73 Å². The van der Waals surface area contributed by atoms with E-state index in [1.165, 1.54) is 17.0 Å². The van der Waals surface area contributed by atoms with Crippen LogP contribution in [0.15, 0.2) is 88.3 Å². The van der Waals surface area contributed by atoms with E-state index in [0.717, 1.165) is 21.3 Å². The number of nitrogens with zero attached hydrogens (tertiary/aromatic N) is 3. The normalized spacial score (nSPS) is 23.3. The molecule has 9 heteroatoms. The Kier molecular flexibility index (Phi) is 6.40. The van der Waals surface area contributed by atoms with Crippen LogP contribution in [-0.2, 0) is 9.53 Å². The zero-order chi connectivity index (χ0) is 25.4. The molecule has 1 fully saturated rings. The van der Waals surface area contributed by atoms with Crippen molar-refractivity contribution in [1.29, 1.82) is 0 Å². The fraction of sp³-hybridized carbons (Fsp3) is 0.222. The third kappa shape index (κ3) is 4.30. The number of halogens is 1. The molecule has 182 valence electrons. The number of amides is 2. The molecular formula is C27H22BrN3O5. The summed E-state index contributed by atoms with van der Waals surface area (Å²) in [6.07, 6.45) is -0.680. The maximum absolute atomic E-state index is 14.1. The number of hydrogen-bond donors (Lipinski definition) is 0. The number of aliphatic imine (C=N–C) groups is 1. The van der Waals surface area contributed by atoms with Crippen LogP contribution in [0, 0.1) is 22.0 Å². The van der Waals surface area contributed by atoms with Crippen LogP contribution in [0.1, 0.15) is 35.7 Å². The van der Waals surface area contributed by atoms with Crippen LogP contribution in [-0.4, -0.2) is 34.1 Å².